The Morgan fingerprint density at radius 1 is 1.41 bits per heavy atom. The Balaban J connectivity index is 2.02. The molecule has 17 heavy (non-hydrogen) atoms. The van der Waals surface area contributed by atoms with Crippen LogP contribution in [0.1, 0.15) is 31.2 Å². The standard InChI is InChI=1S/C13H15BrN2O/c14-11-7-10(8-15)3-4-12(11)17-9-13(16)5-1-2-6-13/h3-4,7H,1-2,5-6,9,16H2. The highest BCUT2D eigenvalue weighted by molar-refractivity contribution is 9.10. The first-order valence-electron chi connectivity index (χ1n) is 5.74. The van der Waals surface area contributed by atoms with E-state index in [9.17, 15) is 0 Å². The zero-order valence-electron chi connectivity index (χ0n) is 9.58. The lowest BCUT2D eigenvalue weighted by Crippen LogP contribution is -2.42. The normalized spacial score (nSPS) is 17.7. The summed E-state index contributed by atoms with van der Waals surface area (Å²) < 4.78 is 6.55. The van der Waals surface area contributed by atoms with Gasteiger partial charge in [0.05, 0.1) is 21.6 Å². The van der Waals surface area contributed by atoms with Crippen molar-refractivity contribution in [3.05, 3.63) is 28.2 Å². The molecule has 0 aromatic heterocycles. The van der Waals surface area contributed by atoms with Crippen molar-refractivity contribution in [3.63, 3.8) is 0 Å². The van der Waals surface area contributed by atoms with Crippen LogP contribution in [-0.2, 0) is 0 Å². The Morgan fingerprint density at radius 2 is 2.12 bits per heavy atom. The molecule has 1 aromatic rings. The molecule has 1 aliphatic carbocycles. The lowest BCUT2D eigenvalue weighted by molar-refractivity contribution is 0.219. The average molecular weight is 295 g/mol. The summed E-state index contributed by atoms with van der Waals surface area (Å²) in [5.74, 6) is 0.751. The number of benzene rings is 1. The third-order valence-electron chi connectivity index (χ3n) is 3.18. The van der Waals surface area contributed by atoms with Gasteiger partial charge in [0.1, 0.15) is 12.4 Å². The zero-order chi connectivity index (χ0) is 12.3. The van der Waals surface area contributed by atoms with E-state index in [0.717, 1.165) is 23.1 Å². The fourth-order valence-electron chi connectivity index (χ4n) is 2.13. The van der Waals surface area contributed by atoms with Gasteiger partial charge in [-0.05, 0) is 47.0 Å². The van der Waals surface area contributed by atoms with Crippen LogP contribution in [0.5, 0.6) is 5.75 Å². The van der Waals surface area contributed by atoms with Crippen LogP contribution in [0.4, 0.5) is 0 Å². The highest BCUT2D eigenvalue weighted by Gasteiger charge is 2.30. The molecule has 1 aromatic carbocycles. The number of nitriles is 1. The van der Waals surface area contributed by atoms with Crippen molar-refractivity contribution in [3.8, 4) is 11.8 Å². The summed E-state index contributed by atoms with van der Waals surface area (Å²) in [4.78, 5) is 0. The molecule has 0 aliphatic heterocycles. The third kappa shape index (κ3) is 2.99. The van der Waals surface area contributed by atoms with Crippen LogP contribution >= 0.6 is 15.9 Å². The summed E-state index contributed by atoms with van der Waals surface area (Å²) >= 11 is 3.40. The van der Waals surface area contributed by atoms with Gasteiger partial charge in [-0.2, -0.15) is 5.26 Å². The van der Waals surface area contributed by atoms with Gasteiger partial charge in [-0.25, -0.2) is 0 Å². The molecule has 1 aliphatic rings. The molecular weight excluding hydrogens is 280 g/mol. The molecule has 0 heterocycles. The number of nitrogens with zero attached hydrogens (tertiary/aromatic N) is 1. The molecule has 0 bridgehead atoms. The smallest absolute Gasteiger partial charge is 0.133 e. The maximum Gasteiger partial charge on any atom is 0.133 e. The molecule has 4 heteroatoms. The Bertz CT molecular complexity index is 447. The quantitative estimate of drug-likeness (QED) is 0.932. The number of hydrogen-bond donors (Lipinski definition) is 1. The minimum Gasteiger partial charge on any atom is -0.490 e. The molecule has 90 valence electrons. The van der Waals surface area contributed by atoms with Crippen molar-refractivity contribution in [1.82, 2.24) is 0 Å². The van der Waals surface area contributed by atoms with Crippen LogP contribution in [0.15, 0.2) is 22.7 Å². The van der Waals surface area contributed by atoms with Crippen LogP contribution in [0, 0.1) is 11.3 Å². The van der Waals surface area contributed by atoms with Gasteiger partial charge in [0, 0.05) is 0 Å². The fourth-order valence-corrected chi connectivity index (χ4v) is 2.63. The van der Waals surface area contributed by atoms with Gasteiger partial charge in [0.2, 0.25) is 0 Å². The molecule has 2 N–H and O–H groups in total. The summed E-state index contributed by atoms with van der Waals surface area (Å²) in [5.41, 5.74) is 6.67. The topological polar surface area (TPSA) is 59.0 Å². The van der Waals surface area contributed by atoms with Crippen molar-refractivity contribution >= 4 is 15.9 Å². The van der Waals surface area contributed by atoms with Gasteiger partial charge in [-0.1, -0.05) is 12.8 Å². The van der Waals surface area contributed by atoms with Crippen molar-refractivity contribution in [2.45, 2.75) is 31.2 Å². The van der Waals surface area contributed by atoms with E-state index < -0.39 is 0 Å². The number of ether oxygens (including phenoxy) is 1. The first kappa shape index (κ1) is 12.4. The Morgan fingerprint density at radius 3 is 2.71 bits per heavy atom. The SMILES string of the molecule is N#Cc1ccc(OCC2(N)CCCC2)c(Br)c1. The molecule has 0 spiro atoms. The maximum absolute atomic E-state index is 8.76. The second-order valence-corrected chi connectivity index (χ2v) is 5.47. The summed E-state index contributed by atoms with van der Waals surface area (Å²) in [5, 5.41) is 8.76. The number of rotatable bonds is 3. The fraction of sp³-hybridized carbons (Fsp3) is 0.462. The summed E-state index contributed by atoms with van der Waals surface area (Å²) in [6.45, 7) is 0.539. The average Bonchev–Trinajstić information content (AvgIpc) is 2.75. The van der Waals surface area contributed by atoms with Crippen LogP contribution < -0.4 is 10.5 Å². The van der Waals surface area contributed by atoms with Gasteiger partial charge < -0.3 is 10.5 Å². The van der Waals surface area contributed by atoms with Gasteiger partial charge in [0.25, 0.3) is 0 Å². The van der Waals surface area contributed by atoms with E-state index in [-0.39, 0.29) is 5.54 Å². The molecule has 0 unspecified atom stereocenters. The predicted molar refractivity (Wildman–Crippen MR) is 69.7 cm³/mol. The van der Waals surface area contributed by atoms with Crippen LogP contribution in [-0.4, -0.2) is 12.1 Å². The maximum atomic E-state index is 8.76. The van der Waals surface area contributed by atoms with E-state index >= 15 is 0 Å². The van der Waals surface area contributed by atoms with E-state index in [4.69, 9.17) is 15.7 Å². The summed E-state index contributed by atoms with van der Waals surface area (Å²) in [6.07, 6.45) is 4.44. The van der Waals surface area contributed by atoms with E-state index in [1.54, 1.807) is 18.2 Å². The van der Waals surface area contributed by atoms with Crippen molar-refractivity contribution in [2.75, 3.05) is 6.61 Å². The van der Waals surface area contributed by atoms with Gasteiger partial charge in [-0.3, -0.25) is 0 Å². The van der Waals surface area contributed by atoms with Crippen molar-refractivity contribution in [2.24, 2.45) is 5.73 Å². The summed E-state index contributed by atoms with van der Waals surface area (Å²) in [7, 11) is 0. The predicted octanol–water partition coefficient (Wildman–Crippen LogP) is 2.97. The lowest BCUT2D eigenvalue weighted by Gasteiger charge is -2.23. The first-order chi connectivity index (χ1) is 8.13. The number of halogens is 1. The second kappa shape index (κ2) is 5.07. The number of hydrogen-bond acceptors (Lipinski definition) is 3. The lowest BCUT2D eigenvalue weighted by atomic mass is 10.0. The zero-order valence-corrected chi connectivity index (χ0v) is 11.2. The van der Waals surface area contributed by atoms with Crippen LogP contribution in [0.25, 0.3) is 0 Å². The molecule has 0 amide bonds. The molecular formula is C13H15BrN2O. The highest BCUT2D eigenvalue weighted by Crippen LogP contribution is 2.30. The van der Waals surface area contributed by atoms with Gasteiger partial charge >= 0.3 is 0 Å². The van der Waals surface area contributed by atoms with E-state index in [1.807, 2.05) is 0 Å². The molecule has 0 radical (unpaired) electrons. The second-order valence-electron chi connectivity index (χ2n) is 4.62. The Kier molecular flexibility index (Phi) is 3.70. The van der Waals surface area contributed by atoms with Crippen LogP contribution in [0.3, 0.4) is 0 Å². The largest absolute Gasteiger partial charge is 0.490 e. The van der Waals surface area contributed by atoms with Crippen molar-refractivity contribution in [1.29, 1.82) is 5.26 Å². The van der Waals surface area contributed by atoms with E-state index in [0.29, 0.717) is 12.2 Å². The molecule has 3 nitrogen and oxygen atoms in total. The molecule has 1 fully saturated rings. The molecule has 2 rings (SSSR count). The molecule has 0 saturated heterocycles. The van der Waals surface area contributed by atoms with Gasteiger partial charge in [-0.15, -0.1) is 0 Å². The molecule has 0 atom stereocenters. The van der Waals surface area contributed by atoms with E-state index in [1.165, 1.54) is 12.8 Å². The summed E-state index contributed by atoms with van der Waals surface area (Å²) in [6, 6.07) is 7.40. The molecule has 1 saturated carbocycles. The van der Waals surface area contributed by atoms with Crippen molar-refractivity contribution < 1.29 is 4.74 Å². The monoisotopic (exact) mass is 294 g/mol. The number of nitrogens with two attached hydrogens (primary N) is 1. The first-order valence-corrected chi connectivity index (χ1v) is 6.54. The minimum absolute atomic E-state index is 0.173. The Labute approximate surface area is 110 Å². The van der Waals surface area contributed by atoms with Crippen LogP contribution in [0.2, 0.25) is 0 Å². The minimum atomic E-state index is -0.173. The van der Waals surface area contributed by atoms with E-state index in [2.05, 4.69) is 22.0 Å². The highest BCUT2D eigenvalue weighted by atomic mass is 79.9. The Hall–Kier alpha value is -1.05. The van der Waals surface area contributed by atoms with Gasteiger partial charge in [0.15, 0.2) is 0 Å². The third-order valence-corrected chi connectivity index (χ3v) is 3.80.